The van der Waals surface area contributed by atoms with Crippen molar-refractivity contribution in [1.29, 1.82) is 0 Å². The summed E-state index contributed by atoms with van der Waals surface area (Å²) in [5.74, 6) is 0. The Balaban J connectivity index is 1.50. The summed E-state index contributed by atoms with van der Waals surface area (Å²) in [7, 11) is 0.294. The standard InChI is InChI=1S/C22H32P2/c1-2-16-22(24(19-11-5-12-19)20-13-6-14-20)21(15-1)23(17-7-3-8-17)18-9-4-10-18/h1-2,15-20H,3-14H2. The molecular formula is C22H32P2. The van der Waals surface area contributed by atoms with Crippen LogP contribution in [0.1, 0.15) is 77.0 Å². The number of hydrogen-bond donors (Lipinski definition) is 0. The summed E-state index contributed by atoms with van der Waals surface area (Å²) >= 11 is 0. The third-order valence-electron chi connectivity index (χ3n) is 7.31. The number of benzene rings is 1. The molecule has 24 heavy (non-hydrogen) atoms. The van der Waals surface area contributed by atoms with E-state index in [4.69, 9.17) is 0 Å². The molecule has 130 valence electrons. The number of hydrogen-bond acceptors (Lipinski definition) is 0. The van der Waals surface area contributed by atoms with Gasteiger partial charge in [-0.05, 0) is 84.6 Å². The quantitative estimate of drug-likeness (QED) is 0.538. The Hall–Kier alpha value is 0.0800. The molecule has 0 bridgehead atoms. The van der Waals surface area contributed by atoms with Crippen molar-refractivity contribution in [2.24, 2.45) is 0 Å². The van der Waals surface area contributed by atoms with Crippen LogP contribution in [0.5, 0.6) is 0 Å². The Morgan fingerprint density at radius 2 is 0.792 bits per heavy atom. The van der Waals surface area contributed by atoms with E-state index in [0.29, 0.717) is 0 Å². The van der Waals surface area contributed by atoms with Crippen LogP contribution in [0.25, 0.3) is 0 Å². The zero-order chi connectivity index (χ0) is 15.9. The normalized spacial score (nSPS) is 26.1. The first-order chi connectivity index (χ1) is 11.9. The van der Waals surface area contributed by atoms with E-state index in [1.54, 1.807) is 51.4 Å². The predicted octanol–water partition coefficient (Wildman–Crippen LogP) is 6.11. The molecule has 0 aliphatic heterocycles. The Morgan fingerprint density at radius 3 is 1.00 bits per heavy atom. The van der Waals surface area contributed by atoms with Gasteiger partial charge in [-0.2, -0.15) is 0 Å². The van der Waals surface area contributed by atoms with Gasteiger partial charge in [0.25, 0.3) is 0 Å². The van der Waals surface area contributed by atoms with Gasteiger partial charge in [0.05, 0.1) is 0 Å². The van der Waals surface area contributed by atoms with Crippen molar-refractivity contribution in [3.05, 3.63) is 24.3 Å². The molecule has 0 amide bonds. The SMILES string of the molecule is c1ccc(P(C2CCC2)C2CCC2)c(P(C2CCC2)C2CCC2)c1. The number of rotatable bonds is 6. The Bertz CT molecular complexity index is 488. The van der Waals surface area contributed by atoms with Crippen LogP contribution < -0.4 is 10.6 Å². The van der Waals surface area contributed by atoms with Crippen molar-refractivity contribution in [1.82, 2.24) is 0 Å². The molecule has 0 heterocycles. The molecule has 0 radical (unpaired) electrons. The van der Waals surface area contributed by atoms with Crippen LogP contribution in [0.3, 0.4) is 0 Å². The summed E-state index contributed by atoms with van der Waals surface area (Å²) in [5.41, 5.74) is 4.36. The highest BCUT2D eigenvalue weighted by Crippen LogP contribution is 2.62. The Morgan fingerprint density at radius 1 is 0.500 bits per heavy atom. The monoisotopic (exact) mass is 358 g/mol. The van der Waals surface area contributed by atoms with E-state index in [-0.39, 0.29) is 15.8 Å². The van der Waals surface area contributed by atoms with E-state index in [0.717, 1.165) is 22.6 Å². The maximum atomic E-state index is 2.60. The molecule has 0 unspecified atom stereocenters. The second-order valence-corrected chi connectivity index (χ2v) is 14.2. The molecule has 5 rings (SSSR count). The van der Waals surface area contributed by atoms with Crippen LogP contribution in [-0.4, -0.2) is 22.6 Å². The summed E-state index contributed by atoms with van der Waals surface area (Å²) < 4.78 is 0. The Labute approximate surface area is 150 Å². The van der Waals surface area contributed by atoms with Gasteiger partial charge in [0, 0.05) is 0 Å². The molecule has 0 spiro atoms. The van der Waals surface area contributed by atoms with Gasteiger partial charge in [-0.1, -0.05) is 65.8 Å². The van der Waals surface area contributed by atoms with Crippen LogP contribution in [0, 0.1) is 0 Å². The van der Waals surface area contributed by atoms with Crippen LogP contribution in [-0.2, 0) is 0 Å². The smallest absolute Gasteiger partial charge is 0.0158 e. The third-order valence-corrected chi connectivity index (χ3v) is 14.6. The van der Waals surface area contributed by atoms with Crippen molar-refractivity contribution in [2.45, 2.75) is 99.7 Å². The van der Waals surface area contributed by atoms with E-state index in [2.05, 4.69) is 24.3 Å². The van der Waals surface area contributed by atoms with Gasteiger partial charge in [-0.3, -0.25) is 0 Å². The molecule has 4 aliphatic carbocycles. The summed E-state index contributed by atoms with van der Waals surface area (Å²) in [6, 6.07) is 9.95. The zero-order valence-corrected chi connectivity index (χ0v) is 16.8. The van der Waals surface area contributed by atoms with Gasteiger partial charge in [-0.15, -0.1) is 0 Å². The van der Waals surface area contributed by atoms with Gasteiger partial charge >= 0.3 is 0 Å². The van der Waals surface area contributed by atoms with E-state index in [1.165, 1.54) is 25.7 Å². The van der Waals surface area contributed by atoms with Crippen LogP contribution in [0.2, 0.25) is 0 Å². The molecule has 4 saturated carbocycles. The van der Waals surface area contributed by atoms with Crippen molar-refractivity contribution < 1.29 is 0 Å². The summed E-state index contributed by atoms with van der Waals surface area (Å²) in [6.45, 7) is 0. The van der Waals surface area contributed by atoms with Crippen molar-refractivity contribution in [3.63, 3.8) is 0 Å². The van der Waals surface area contributed by atoms with Gasteiger partial charge < -0.3 is 0 Å². The first kappa shape index (κ1) is 16.3. The zero-order valence-electron chi connectivity index (χ0n) is 15.0. The van der Waals surface area contributed by atoms with Gasteiger partial charge in [0.2, 0.25) is 0 Å². The molecule has 0 saturated heterocycles. The molecule has 4 aliphatic rings. The van der Waals surface area contributed by atoms with E-state index in [1.807, 2.05) is 10.6 Å². The molecule has 0 nitrogen and oxygen atoms in total. The highest BCUT2D eigenvalue weighted by atomic mass is 31.1. The molecule has 0 atom stereocenters. The minimum Gasteiger partial charge on any atom is -0.0683 e. The lowest BCUT2D eigenvalue weighted by Crippen LogP contribution is -2.40. The van der Waals surface area contributed by atoms with E-state index < -0.39 is 0 Å². The van der Waals surface area contributed by atoms with Gasteiger partial charge in [-0.25, -0.2) is 0 Å². The molecule has 4 fully saturated rings. The summed E-state index contributed by atoms with van der Waals surface area (Å²) in [5, 5.41) is 3.82. The van der Waals surface area contributed by atoms with Crippen molar-refractivity contribution in [3.8, 4) is 0 Å². The first-order valence-electron chi connectivity index (χ1n) is 10.6. The van der Waals surface area contributed by atoms with E-state index in [9.17, 15) is 0 Å². The highest BCUT2D eigenvalue weighted by molar-refractivity contribution is 7.73. The van der Waals surface area contributed by atoms with Crippen LogP contribution in [0.4, 0.5) is 0 Å². The third kappa shape index (κ3) is 2.81. The molecule has 1 aromatic carbocycles. The lowest BCUT2D eigenvalue weighted by molar-refractivity contribution is 0.478. The second kappa shape index (κ2) is 7.00. The lowest BCUT2D eigenvalue weighted by Gasteiger charge is -2.48. The summed E-state index contributed by atoms with van der Waals surface area (Å²) in [6.07, 6.45) is 18.4. The fraction of sp³-hybridized carbons (Fsp3) is 0.727. The van der Waals surface area contributed by atoms with Gasteiger partial charge in [0.1, 0.15) is 0 Å². The largest absolute Gasteiger partial charge is 0.0683 e. The molecule has 2 heteroatoms. The van der Waals surface area contributed by atoms with Crippen molar-refractivity contribution in [2.75, 3.05) is 0 Å². The highest BCUT2D eigenvalue weighted by Gasteiger charge is 2.42. The average molecular weight is 358 g/mol. The maximum absolute atomic E-state index is 2.60. The fourth-order valence-corrected chi connectivity index (χ4v) is 13.3. The topological polar surface area (TPSA) is 0 Å². The predicted molar refractivity (Wildman–Crippen MR) is 110 cm³/mol. The minimum absolute atomic E-state index is 0.147. The molecular weight excluding hydrogens is 326 g/mol. The van der Waals surface area contributed by atoms with Crippen LogP contribution >= 0.6 is 15.8 Å². The Kier molecular flexibility index (Phi) is 4.75. The summed E-state index contributed by atoms with van der Waals surface area (Å²) in [4.78, 5) is 0. The van der Waals surface area contributed by atoms with Crippen molar-refractivity contribution >= 4 is 26.5 Å². The molecule has 0 N–H and O–H groups in total. The van der Waals surface area contributed by atoms with Crippen LogP contribution in [0.15, 0.2) is 24.3 Å². The lowest BCUT2D eigenvalue weighted by atomic mass is 9.99. The minimum atomic E-state index is 0.147. The van der Waals surface area contributed by atoms with Gasteiger partial charge in [0.15, 0.2) is 0 Å². The van der Waals surface area contributed by atoms with E-state index >= 15 is 0 Å². The first-order valence-corrected chi connectivity index (χ1v) is 13.5. The fourth-order valence-electron chi connectivity index (χ4n) is 4.94. The molecule has 1 aromatic rings. The maximum Gasteiger partial charge on any atom is -0.0158 e. The average Bonchev–Trinajstić information content (AvgIpc) is 2.38. The molecule has 0 aromatic heterocycles. The second-order valence-electron chi connectivity index (χ2n) is 8.64.